The van der Waals surface area contributed by atoms with Crippen molar-refractivity contribution in [1.82, 2.24) is 10.6 Å². The van der Waals surface area contributed by atoms with Crippen molar-refractivity contribution in [1.29, 1.82) is 0 Å². The molecule has 1 aromatic carbocycles. The molecule has 2 N–H and O–H groups in total. The minimum atomic E-state index is 0.00232. The third kappa shape index (κ3) is 6.55. The lowest BCUT2D eigenvalue weighted by Crippen LogP contribution is -2.22. The fourth-order valence-corrected chi connectivity index (χ4v) is 2.34. The van der Waals surface area contributed by atoms with E-state index >= 15 is 0 Å². The van der Waals surface area contributed by atoms with Crippen LogP contribution in [0.2, 0.25) is 10.0 Å². The van der Waals surface area contributed by atoms with E-state index in [0.29, 0.717) is 47.8 Å². The van der Waals surface area contributed by atoms with Gasteiger partial charge in [0, 0.05) is 36.6 Å². The highest BCUT2D eigenvalue weighted by Gasteiger charge is 2.11. The van der Waals surface area contributed by atoms with Crippen molar-refractivity contribution in [3.63, 3.8) is 0 Å². The van der Waals surface area contributed by atoms with Gasteiger partial charge in [-0.15, -0.1) is 0 Å². The summed E-state index contributed by atoms with van der Waals surface area (Å²) in [5.74, 6) is 0.633. The molecule has 1 aromatic rings. The van der Waals surface area contributed by atoms with E-state index in [2.05, 4.69) is 24.5 Å². The summed E-state index contributed by atoms with van der Waals surface area (Å²) < 4.78 is 5.74. The molecule has 6 heteroatoms. The van der Waals surface area contributed by atoms with Crippen LogP contribution in [0.25, 0.3) is 0 Å². The molecule has 118 valence electrons. The number of hydrogen-bond donors (Lipinski definition) is 2. The summed E-state index contributed by atoms with van der Waals surface area (Å²) in [6.07, 6.45) is 1.07. The number of rotatable bonds is 8. The summed E-state index contributed by atoms with van der Waals surface area (Å²) in [5.41, 5.74) is 0.918. The van der Waals surface area contributed by atoms with Crippen LogP contribution in [-0.4, -0.2) is 25.6 Å². The van der Waals surface area contributed by atoms with E-state index in [1.807, 2.05) is 6.07 Å². The van der Waals surface area contributed by atoms with Crippen LogP contribution in [0.3, 0.4) is 0 Å². The second-order valence-corrected chi connectivity index (χ2v) is 5.88. The van der Waals surface area contributed by atoms with Crippen LogP contribution in [0.4, 0.5) is 0 Å². The maximum atomic E-state index is 11.2. The van der Waals surface area contributed by atoms with Crippen molar-refractivity contribution in [3.05, 3.63) is 27.7 Å². The molecule has 0 bridgehead atoms. The maximum absolute atomic E-state index is 11.2. The van der Waals surface area contributed by atoms with Crippen LogP contribution in [0, 0.1) is 0 Å². The third-order valence-corrected chi connectivity index (χ3v) is 3.36. The molecule has 0 saturated carbocycles. The van der Waals surface area contributed by atoms with Gasteiger partial charge in [0.2, 0.25) is 5.91 Å². The zero-order chi connectivity index (χ0) is 15.8. The van der Waals surface area contributed by atoms with Gasteiger partial charge >= 0.3 is 0 Å². The molecular weight excluding hydrogens is 311 g/mol. The maximum Gasteiger partial charge on any atom is 0.219 e. The lowest BCUT2D eigenvalue weighted by molar-refractivity contribution is -0.120. The van der Waals surface area contributed by atoms with Gasteiger partial charge in [-0.05, 0) is 18.6 Å². The molecule has 0 aliphatic rings. The first-order valence-corrected chi connectivity index (χ1v) is 7.74. The SMILES string of the molecule is CNC(=O)CCCOc1c(Cl)cc(Cl)cc1CNC(C)C. The van der Waals surface area contributed by atoms with Gasteiger partial charge in [0.05, 0.1) is 11.6 Å². The van der Waals surface area contributed by atoms with E-state index in [-0.39, 0.29) is 5.91 Å². The zero-order valence-electron chi connectivity index (χ0n) is 12.6. The summed E-state index contributed by atoms with van der Waals surface area (Å²) >= 11 is 12.2. The van der Waals surface area contributed by atoms with Gasteiger partial charge in [-0.25, -0.2) is 0 Å². The Morgan fingerprint density at radius 2 is 2.05 bits per heavy atom. The Labute approximate surface area is 136 Å². The molecule has 0 spiro atoms. The number of carbonyl (C=O) groups excluding carboxylic acids is 1. The number of hydrogen-bond acceptors (Lipinski definition) is 3. The van der Waals surface area contributed by atoms with Gasteiger partial charge in [-0.1, -0.05) is 37.0 Å². The van der Waals surface area contributed by atoms with Gasteiger partial charge in [0.15, 0.2) is 0 Å². The van der Waals surface area contributed by atoms with Gasteiger partial charge in [-0.3, -0.25) is 4.79 Å². The van der Waals surface area contributed by atoms with Crippen molar-refractivity contribution < 1.29 is 9.53 Å². The van der Waals surface area contributed by atoms with Crippen LogP contribution in [-0.2, 0) is 11.3 Å². The van der Waals surface area contributed by atoms with Crippen LogP contribution in [0.5, 0.6) is 5.75 Å². The first kappa shape index (κ1) is 18.1. The number of amides is 1. The van der Waals surface area contributed by atoms with Crippen molar-refractivity contribution in [2.24, 2.45) is 0 Å². The summed E-state index contributed by atoms with van der Waals surface area (Å²) in [7, 11) is 1.62. The standard InChI is InChI=1S/C15H22Cl2N2O2/c1-10(2)19-9-11-7-12(16)8-13(17)15(11)21-6-4-5-14(20)18-3/h7-8,10,19H,4-6,9H2,1-3H3,(H,18,20). The largest absolute Gasteiger partial charge is 0.492 e. The van der Waals surface area contributed by atoms with E-state index in [9.17, 15) is 4.79 Å². The number of nitrogens with one attached hydrogen (secondary N) is 2. The minimum absolute atomic E-state index is 0.00232. The molecular formula is C15H22Cl2N2O2. The summed E-state index contributed by atoms with van der Waals surface area (Å²) in [6.45, 7) is 5.19. The molecule has 0 heterocycles. The second kappa shape index (κ2) is 9.13. The molecule has 4 nitrogen and oxygen atoms in total. The van der Waals surface area contributed by atoms with Crippen molar-refractivity contribution in [2.75, 3.05) is 13.7 Å². The predicted molar refractivity (Wildman–Crippen MR) is 87.2 cm³/mol. The Morgan fingerprint density at radius 3 is 2.67 bits per heavy atom. The van der Waals surface area contributed by atoms with Crippen molar-refractivity contribution in [2.45, 2.75) is 39.3 Å². The first-order chi connectivity index (χ1) is 9.93. The molecule has 0 radical (unpaired) electrons. The summed E-state index contributed by atoms with van der Waals surface area (Å²) in [5, 5.41) is 6.96. The fraction of sp³-hybridized carbons (Fsp3) is 0.533. The number of halogens is 2. The van der Waals surface area contributed by atoms with E-state index in [4.69, 9.17) is 27.9 Å². The molecule has 0 atom stereocenters. The van der Waals surface area contributed by atoms with E-state index in [1.54, 1.807) is 13.1 Å². The zero-order valence-corrected chi connectivity index (χ0v) is 14.1. The van der Waals surface area contributed by atoms with Crippen LogP contribution in [0.15, 0.2) is 12.1 Å². The van der Waals surface area contributed by atoms with Gasteiger partial charge in [-0.2, -0.15) is 0 Å². The van der Waals surface area contributed by atoms with E-state index in [0.717, 1.165) is 5.56 Å². The molecule has 1 amide bonds. The van der Waals surface area contributed by atoms with Crippen LogP contribution in [0.1, 0.15) is 32.3 Å². The Balaban J connectivity index is 2.68. The van der Waals surface area contributed by atoms with Gasteiger partial charge < -0.3 is 15.4 Å². The van der Waals surface area contributed by atoms with Crippen LogP contribution < -0.4 is 15.4 Å². The molecule has 1 rings (SSSR count). The summed E-state index contributed by atoms with van der Waals surface area (Å²) in [6, 6.07) is 3.86. The topological polar surface area (TPSA) is 50.4 Å². The second-order valence-electron chi connectivity index (χ2n) is 5.04. The number of ether oxygens (including phenoxy) is 1. The highest BCUT2D eigenvalue weighted by Crippen LogP contribution is 2.32. The molecule has 0 aliphatic heterocycles. The molecule has 0 fully saturated rings. The molecule has 0 aromatic heterocycles. The third-order valence-electron chi connectivity index (χ3n) is 2.86. The molecule has 0 aliphatic carbocycles. The lowest BCUT2D eigenvalue weighted by Gasteiger charge is -2.15. The van der Waals surface area contributed by atoms with Crippen molar-refractivity contribution in [3.8, 4) is 5.75 Å². The van der Waals surface area contributed by atoms with Crippen LogP contribution >= 0.6 is 23.2 Å². The summed E-state index contributed by atoms with van der Waals surface area (Å²) in [4.78, 5) is 11.2. The smallest absolute Gasteiger partial charge is 0.219 e. The normalized spacial score (nSPS) is 10.8. The number of benzene rings is 1. The average Bonchev–Trinajstić information content (AvgIpc) is 2.42. The Hall–Kier alpha value is -0.970. The monoisotopic (exact) mass is 332 g/mol. The first-order valence-electron chi connectivity index (χ1n) is 6.98. The molecule has 0 unspecified atom stereocenters. The lowest BCUT2D eigenvalue weighted by atomic mass is 10.2. The molecule has 21 heavy (non-hydrogen) atoms. The predicted octanol–water partition coefficient (Wildman–Crippen LogP) is 3.40. The van der Waals surface area contributed by atoms with Gasteiger partial charge in [0.25, 0.3) is 0 Å². The fourth-order valence-electron chi connectivity index (χ4n) is 1.75. The van der Waals surface area contributed by atoms with Gasteiger partial charge in [0.1, 0.15) is 5.75 Å². The van der Waals surface area contributed by atoms with Crippen molar-refractivity contribution >= 4 is 29.1 Å². The Morgan fingerprint density at radius 1 is 1.33 bits per heavy atom. The quantitative estimate of drug-likeness (QED) is 0.717. The van der Waals surface area contributed by atoms with E-state index in [1.165, 1.54) is 0 Å². The highest BCUT2D eigenvalue weighted by atomic mass is 35.5. The Bertz CT molecular complexity index is 479. The molecule has 0 saturated heterocycles. The average molecular weight is 333 g/mol. The number of carbonyl (C=O) groups is 1. The minimum Gasteiger partial charge on any atom is -0.492 e. The Kier molecular flexibility index (Phi) is 7.86. The highest BCUT2D eigenvalue weighted by molar-refractivity contribution is 6.35. The van der Waals surface area contributed by atoms with E-state index < -0.39 is 0 Å².